The van der Waals surface area contributed by atoms with E-state index >= 15 is 0 Å². The number of hydrogen-bond donors (Lipinski definition) is 0. The second kappa shape index (κ2) is 3.17. The zero-order valence-corrected chi connectivity index (χ0v) is 2.36. The molecular formula is ClO3. The second-order valence-corrected chi connectivity index (χ2v) is 0.257. The molecule has 0 spiro atoms. The van der Waals surface area contributed by atoms with E-state index in [0.29, 0.717) is 0 Å². The summed E-state index contributed by atoms with van der Waals surface area (Å²) in [4.78, 5) is 0. The van der Waals surface area contributed by atoms with Gasteiger partial charge in [0, 0.05) is 0 Å². The molecule has 0 N–H and O–H groups in total. The van der Waals surface area contributed by atoms with Gasteiger partial charge in [0.15, 0.2) is 0 Å². The monoisotopic (exact) mass is 83.0 g/mol. The molecule has 0 aliphatic heterocycles. The van der Waals surface area contributed by atoms with Gasteiger partial charge in [-0.25, -0.2) is 0 Å². The average Bonchev–Trinajstić information content (AvgIpc) is 1.37. The summed E-state index contributed by atoms with van der Waals surface area (Å²) in [5.74, 6) is 0. The lowest BCUT2D eigenvalue weighted by molar-refractivity contribution is -0.481. The Morgan fingerprint density at radius 2 is 2.00 bits per heavy atom. The zero-order chi connectivity index (χ0) is 3.41. The molecule has 3 nitrogen and oxygen atoms in total. The molecule has 0 aromatic carbocycles. The predicted molar refractivity (Wildman–Crippen MR) is 8.71 cm³/mol. The van der Waals surface area contributed by atoms with Gasteiger partial charge in [-0.05, 0) is 10.3 Å². The van der Waals surface area contributed by atoms with Gasteiger partial charge >= 0.3 is 0 Å². The molecule has 0 aromatic rings. The largest absolute Gasteiger partial charge is 0.103 e. The maximum absolute atomic E-state index is 8.44. The van der Waals surface area contributed by atoms with Crippen LogP contribution in [0.4, 0.5) is 0 Å². The smallest absolute Gasteiger partial charge is 0.0868 e. The van der Waals surface area contributed by atoms with Crippen molar-refractivity contribution < 1.29 is 14.7 Å². The molecule has 0 fully saturated rings. The van der Waals surface area contributed by atoms with E-state index in [0.717, 1.165) is 0 Å². The molecule has 0 bridgehead atoms. The fourth-order valence-electron chi connectivity index (χ4n) is 0. The highest BCUT2D eigenvalue weighted by Gasteiger charge is 1.60. The van der Waals surface area contributed by atoms with Gasteiger partial charge in [0.1, 0.15) is 11.9 Å². The Bertz CT molecular complexity index is 5.25. The van der Waals surface area contributed by atoms with Crippen LogP contribution >= 0.6 is 11.9 Å². The first-order chi connectivity index (χ1) is 1.91. The molecule has 0 atom stereocenters. The van der Waals surface area contributed by atoms with Crippen LogP contribution in [0.3, 0.4) is 0 Å². The highest BCUT2D eigenvalue weighted by Crippen LogP contribution is 1.72. The molecule has 25 valence electrons. The highest BCUT2D eigenvalue weighted by atomic mass is 35.5. The van der Waals surface area contributed by atoms with E-state index in [-0.39, 0.29) is 0 Å². The molecule has 4 heavy (non-hydrogen) atoms. The number of halogens is 1. The van der Waals surface area contributed by atoms with Gasteiger partial charge < -0.3 is 0 Å². The first kappa shape index (κ1) is 4.17. The Labute approximate surface area is 27.7 Å². The van der Waals surface area contributed by atoms with Crippen molar-refractivity contribution in [1.82, 2.24) is 0 Å². The summed E-state index contributed by atoms with van der Waals surface area (Å²) < 4.78 is 2.96. The molecule has 0 saturated heterocycles. The third-order valence-corrected chi connectivity index (χ3v) is 0.0772. The summed E-state index contributed by atoms with van der Waals surface area (Å²) in [6, 6.07) is 0. The maximum atomic E-state index is 8.44. The Morgan fingerprint density at radius 3 is 2.00 bits per heavy atom. The minimum Gasteiger partial charge on any atom is -0.0868 e. The van der Waals surface area contributed by atoms with Crippen molar-refractivity contribution in [3.05, 3.63) is 0 Å². The fraction of sp³-hybridized carbons (Fsp3) is 0. The number of hydrogen-bond acceptors (Lipinski definition) is 2. The van der Waals surface area contributed by atoms with E-state index in [1.807, 2.05) is 0 Å². The van der Waals surface area contributed by atoms with Crippen LogP contribution in [0.2, 0.25) is 0 Å². The normalized spacial score (nSPS) is 7.50. The van der Waals surface area contributed by atoms with Gasteiger partial charge in [-0.2, -0.15) is 0 Å². The van der Waals surface area contributed by atoms with E-state index in [2.05, 4.69) is 21.3 Å². The predicted octanol–water partition coefficient (Wildman–Crippen LogP) is 0.434. The van der Waals surface area contributed by atoms with Crippen LogP contribution in [0.15, 0.2) is 0 Å². The van der Waals surface area contributed by atoms with Gasteiger partial charge in [0.05, 0.1) is 0 Å². The maximum Gasteiger partial charge on any atom is 0.103 e. The summed E-state index contributed by atoms with van der Waals surface area (Å²) >= 11 is 4.15. The highest BCUT2D eigenvalue weighted by molar-refractivity contribution is 6.06. The third kappa shape index (κ3) is 2.17. The topological polar surface area (TPSA) is 38.4 Å². The molecule has 0 heterocycles. The molecule has 4 heteroatoms. The van der Waals surface area contributed by atoms with Crippen LogP contribution in [0.5, 0.6) is 0 Å². The van der Waals surface area contributed by atoms with E-state index in [9.17, 15) is 0 Å². The van der Waals surface area contributed by atoms with Gasteiger partial charge in [-0.3, -0.25) is 0 Å². The Kier molecular flexibility index (Phi) is 3.30. The number of rotatable bonds is 1. The first-order valence-electron chi connectivity index (χ1n) is 0.488. The average molecular weight is 83.5 g/mol. The molecule has 0 aliphatic carbocycles. The molecule has 0 aliphatic rings. The Morgan fingerprint density at radius 1 is 1.75 bits per heavy atom. The fourth-order valence-corrected chi connectivity index (χ4v) is 0. The van der Waals surface area contributed by atoms with Crippen LogP contribution in [0, 0.1) is 0 Å². The minimum atomic E-state index is 2.56. The summed E-state index contributed by atoms with van der Waals surface area (Å²) in [6.07, 6.45) is 0. The molecule has 0 saturated carbocycles. The van der Waals surface area contributed by atoms with Crippen LogP contribution in [0.25, 0.3) is 0 Å². The van der Waals surface area contributed by atoms with E-state index < -0.39 is 0 Å². The van der Waals surface area contributed by atoms with Crippen molar-refractivity contribution in [1.29, 1.82) is 0 Å². The van der Waals surface area contributed by atoms with Gasteiger partial charge in [-0.1, -0.05) is 4.44 Å². The van der Waals surface area contributed by atoms with Crippen molar-refractivity contribution in [3.8, 4) is 0 Å². The van der Waals surface area contributed by atoms with Crippen LogP contribution < -0.4 is 0 Å². The van der Waals surface area contributed by atoms with Gasteiger partial charge in [0.25, 0.3) is 0 Å². The van der Waals surface area contributed by atoms with Crippen molar-refractivity contribution >= 4 is 11.9 Å². The van der Waals surface area contributed by atoms with E-state index in [1.165, 1.54) is 0 Å². The van der Waals surface area contributed by atoms with E-state index in [4.69, 9.17) is 5.26 Å². The SMILES string of the molecule is [O]OOCl. The summed E-state index contributed by atoms with van der Waals surface area (Å²) in [5.41, 5.74) is 0. The molecule has 0 amide bonds. The lowest BCUT2D eigenvalue weighted by atomic mass is 14.6. The lowest BCUT2D eigenvalue weighted by Crippen LogP contribution is -1.62. The molecule has 0 unspecified atom stereocenters. The summed E-state index contributed by atoms with van der Waals surface area (Å²) in [5, 5.41) is 11.0. The van der Waals surface area contributed by atoms with Crippen LogP contribution in [0.1, 0.15) is 0 Å². The van der Waals surface area contributed by atoms with Gasteiger partial charge in [-0.15, -0.1) is 0 Å². The molecular weight excluding hydrogens is 83.5 g/mol. The Balaban J connectivity index is 1.97. The Hall–Kier alpha value is 0.170. The molecule has 1 radical (unpaired) electrons. The zero-order valence-electron chi connectivity index (χ0n) is 1.60. The second-order valence-electron chi connectivity index (χ2n) is 0.131. The molecule has 0 aromatic heterocycles. The quantitative estimate of drug-likeness (QED) is 0.341. The first-order valence-corrected chi connectivity index (χ1v) is 0.796. The summed E-state index contributed by atoms with van der Waals surface area (Å²) in [7, 11) is 0. The standard InChI is InChI=1S/ClO3/c1-3-4-2. The molecule has 0 rings (SSSR count). The minimum absolute atomic E-state index is 2.56. The van der Waals surface area contributed by atoms with Crippen LogP contribution in [-0.4, -0.2) is 0 Å². The van der Waals surface area contributed by atoms with Crippen molar-refractivity contribution in [2.24, 2.45) is 0 Å². The van der Waals surface area contributed by atoms with Gasteiger partial charge in [0.2, 0.25) is 0 Å². The lowest BCUT2D eigenvalue weighted by Gasteiger charge is -1.64. The van der Waals surface area contributed by atoms with Crippen LogP contribution in [-0.2, 0) is 14.7 Å². The third-order valence-electron chi connectivity index (χ3n) is 0.0257. The van der Waals surface area contributed by atoms with Crippen molar-refractivity contribution in [2.45, 2.75) is 0 Å². The summed E-state index contributed by atoms with van der Waals surface area (Å²) in [6.45, 7) is 0. The van der Waals surface area contributed by atoms with Crippen molar-refractivity contribution in [3.63, 3.8) is 0 Å². The van der Waals surface area contributed by atoms with E-state index in [1.54, 1.807) is 0 Å². The van der Waals surface area contributed by atoms with Crippen molar-refractivity contribution in [2.75, 3.05) is 0 Å².